The van der Waals surface area contributed by atoms with Crippen molar-refractivity contribution >= 4 is 29.7 Å². The first-order valence-electron chi connectivity index (χ1n) is 6.33. The van der Waals surface area contributed by atoms with Crippen LogP contribution < -0.4 is 0 Å². The van der Waals surface area contributed by atoms with E-state index < -0.39 is 24.0 Å². The number of methoxy groups -OCH3 is 1. The van der Waals surface area contributed by atoms with Gasteiger partial charge in [-0.05, 0) is 13.8 Å². The average molecular weight is 304 g/mol. The Morgan fingerprint density at radius 3 is 2.60 bits per heavy atom. The number of hydrogen-bond donors (Lipinski definition) is 1. The van der Waals surface area contributed by atoms with Gasteiger partial charge in [-0.1, -0.05) is 0 Å². The predicted molar refractivity (Wildman–Crippen MR) is 74.7 cm³/mol. The van der Waals surface area contributed by atoms with Gasteiger partial charge in [0, 0.05) is 24.1 Å². The number of carboxylic acid groups (broad SMARTS) is 1. The van der Waals surface area contributed by atoms with E-state index in [2.05, 4.69) is 4.74 Å². The summed E-state index contributed by atoms with van der Waals surface area (Å²) < 4.78 is 4.57. The lowest BCUT2D eigenvalue weighted by Crippen LogP contribution is -2.57. The van der Waals surface area contributed by atoms with E-state index in [-0.39, 0.29) is 12.6 Å². The number of carboxylic acids is 1. The SMILES string of the molecule is COC(=O)CN(C(=O)N1CCSCC1C(=O)O)C(C)C. The number of carbonyl (C=O) groups excluding carboxylic acids is 2. The number of urea groups is 1. The minimum absolute atomic E-state index is 0.178. The molecular formula is C12H20N2O5S. The second-order valence-electron chi connectivity index (χ2n) is 4.70. The fourth-order valence-corrected chi connectivity index (χ4v) is 2.92. The summed E-state index contributed by atoms with van der Waals surface area (Å²) in [6.07, 6.45) is 0. The van der Waals surface area contributed by atoms with E-state index in [0.717, 1.165) is 0 Å². The van der Waals surface area contributed by atoms with E-state index in [1.807, 2.05) is 0 Å². The van der Waals surface area contributed by atoms with E-state index in [4.69, 9.17) is 0 Å². The summed E-state index contributed by atoms with van der Waals surface area (Å²) >= 11 is 1.51. The lowest BCUT2D eigenvalue weighted by atomic mass is 10.2. The maximum Gasteiger partial charge on any atom is 0.327 e. The predicted octanol–water partition coefficient (Wildman–Crippen LogP) is 0.492. The summed E-state index contributed by atoms with van der Waals surface area (Å²) in [6.45, 7) is 3.73. The molecular weight excluding hydrogens is 284 g/mol. The maximum absolute atomic E-state index is 12.5. The highest BCUT2D eigenvalue weighted by atomic mass is 32.2. The van der Waals surface area contributed by atoms with Gasteiger partial charge >= 0.3 is 18.0 Å². The molecule has 7 nitrogen and oxygen atoms in total. The van der Waals surface area contributed by atoms with Crippen molar-refractivity contribution in [3.05, 3.63) is 0 Å². The molecule has 8 heteroatoms. The summed E-state index contributed by atoms with van der Waals surface area (Å²) in [5.74, 6) is -0.483. The van der Waals surface area contributed by atoms with Crippen LogP contribution in [0.2, 0.25) is 0 Å². The molecule has 1 heterocycles. The first-order valence-corrected chi connectivity index (χ1v) is 7.48. The summed E-state index contributed by atoms with van der Waals surface area (Å²) in [7, 11) is 1.25. The molecule has 2 amide bonds. The summed E-state index contributed by atoms with van der Waals surface area (Å²) in [5.41, 5.74) is 0. The van der Waals surface area contributed by atoms with Crippen LogP contribution >= 0.6 is 11.8 Å². The van der Waals surface area contributed by atoms with Crippen molar-refractivity contribution in [1.29, 1.82) is 0 Å². The van der Waals surface area contributed by atoms with Gasteiger partial charge in [-0.15, -0.1) is 0 Å². The molecule has 0 saturated carbocycles. The molecule has 1 atom stereocenters. The monoisotopic (exact) mass is 304 g/mol. The second kappa shape index (κ2) is 7.37. The van der Waals surface area contributed by atoms with E-state index in [0.29, 0.717) is 18.1 Å². The van der Waals surface area contributed by atoms with Crippen molar-refractivity contribution in [1.82, 2.24) is 9.80 Å². The zero-order valence-electron chi connectivity index (χ0n) is 11.9. The molecule has 1 fully saturated rings. The van der Waals surface area contributed by atoms with Crippen LogP contribution in [0.25, 0.3) is 0 Å². The van der Waals surface area contributed by atoms with Crippen molar-refractivity contribution in [2.24, 2.45) is 0 Å². The molecule has 0 radical (unpaired) electrons. The van der Waals surface area contributed by atoms with Crippen LogP contribution in [0.3, 0.4) is 0 Å². The van der Waals surface area contributed by atoms with Crippen molar-refractivity contribution in [3.8, 4) is 0 Å². The van der Waals surface area contributed by atoms with Crippen LogP contribution in [0.1, 0.15) is 13.8 Å². The minimum atomic E-state index is -1.02. The second-order valence-corrected chi connectivity index (χ2v) is 5.85. The largest absolute Gasteiger partial charge is 0.480 e. The molecule has 0 aliphatic carbocycles. The lowest BCUT2D eigenvalue weighted by molar-refractivity contribution is -0.142. The highest BCUT2D eigenvalue weighted by Crippen LogP contribution is 2.19. The van der Waals surface area contributed by atoms with Gasteiger partial charge in [-0.3, -0.25) is 4.79 Å². The number of amides is 2. The Labute approximate surface area is 122 Å². The molecule has 20 heavy (non-hydrogen) atoms. The van der Waals surface area contributed by atoms with Crippen LogP contribution in [-0.4, -0.2) is 76.7 Å². The van der Waals surface area contributed by atoms with Gasteiger partial charge in [-0.25, -0.2) is 9.59 Å². The number of ether oxygens (including phenoxy) is 1. The molecule has 1 N–H and O–H groups in total. The number of nitrogens with zero attached hydrogens (tertiary/aromatic N) is 2. The Balaban J connectivity index is 2.86. The van der Waals surface area contributed by atoms with Gasteiger partial charge in [0.05, 0.1) is 7.11 Å². The van der Waals surface area contributed by atoms with E-state index in [1.54, 1.807) is 13.8 Å². The van der Waals surface area contributed by atoms with Crippen molar-refractivity contribution in [2.45, 2.75) is 25.9 Å². The van der Waals surface area contributed by atoms with Gasteiger partial charge < -0.3 is 19.6 Å². The van der Waals surface area contributed by atoms with Crippen molar-refractivity contribution in [3.63, 3.8) is 0 Å². The third-order valence-corrected chi connectivity index (χ3v) is 4.08. The highest BCUT2D eigenvalue weighted by molar-refractivity contribution is 7.99. The van der Waals surface area contributed by atoms with E-state index in [9.17, 15) is 19.5 Å². The third-order valence-electron chi connectivity index (χ3n) is 3.06. The molecule has 0 aromatic rings. The summed E-state index contributed by atoms with van der Waals surface area (Å²) in [4.78, 5) is 37.7. The summed E-state index contributed by atoms with van der Waals surface area (Å²) in [6, 6.07) is -1.50. The van der Waals surface area contributed by atoms with Gasteiger partial charge in [0.2, 0.25) is 0 Å². The molecule has 1 saturated heterocycles. The number of esters is 1. The molecule has 114 valence electrons. The Kier molecular flexibility index (Phi) is 6.12. The van der Waals surface area contributed by atoms with Crippen LogP contribution in [0.5, 0.6) is 0 Å². The number of carbonyl (C=O) groups is 3. The smallest absolute Gasteiger partial charge is 0.327 e. The van der Waals surface area contributed by atoms with Crippen LogP contribution in [0, 0.1) is 0 Å². The van der Waals surface area contributed by atoms with Crippen LogP contribution in [-0.2, 0) is 14.3 Å². The molecule has 0 aromatic carbocycles. The van der Waals surface area contributed by atoms with E-state index >= 15 is 0 Å². The minimum Gasteiger partial charge on any atom is -0.480 e. The lowest BCUT2D eigenvalue weighted by Gasteiger charge is -2.37. The number of aliphatic carboxylic acids is 1. The first-order chi connectivity index (χ1) is 9.38. The number of rotatable bonds is 4. The van der Waals surface area contributed by atoms with Crippen molar-refractivity contribution < 1.29 is 24.2 Å². The third kappa shape index (κ3) is 4.03. The van der Waals surface area contributed by atoms with Gasteiger partial charge in [0.1, 0.15) is 12.6 Å². The molecule has 1 aliphatic heterocycles. The highest BCUT2D eigenvalue weighted by Gasteiger charge is 2.36. The Morgan fingerprint density at radius 2 is 2.10 bits per heavy atom. The molecule has 1 rings (SSSR count). The molecule has 0 spiro atoms. The Bertz CT molecular complexity index is 388. The maximum atomic E-state index is 12.5. The summed E-state index contributed by atoms with van der Waals surface area (Å²) in [5, 5.41) is 9.19. The standard InChI is InChI=1S/C12H20N2O5S/c1-8(2)14(6-10(15)19-3)12(18)13-4-5-20-7-9(13)11(16)17/h8-9H,4-7H2,1-3H3,(H,16,17). The quantitative estimate of drug-likeness (QED) is 0.761. The number of hydrogen-bond acceptors (Lipinski definition) is 5. The zero-order chi connectivity index (χ0) is 15.3. The van der Waals surface area contributed by atoms with Crippen LogP contribution in [0.15, 0.2) is 0 Å². The topological polar surface area (TPSA) is 87.2 Å². The van der Waals surface area contributed by atoms with Gasteiger partial charge in [-0.2, -0.15) is 11.8 Å². The van der Waals surface area contributed by atoms with E-state index in [1.165, 1.54) is 28.7 Å². The molecule has 0 aromatic heterocycles. The molecule has 1 aliphatic rings. The fraction of sp³-hybridized carbons (Fsp3) is 0.750. The van der Waals surface area contributed by atoms with Gasteiger partial charge in [0.25, 0.3) is 0 Å². The molecule has 1 unspecified atom stereocenters. The molecule has 0 bridgehead atoms. The Hall–Kier alpha value is -1.44. The average Bonchev–Trinajstić information content (AvgIpc) is 2.43. The first kappa shape index (κ1) is 16.6. The van der Waals surface area contributed by atoms with Crippen molar-refractivity contribution in [2.75, 3.05) is 31.7 Å². The number of thioether (sulfide) groups is 1. The van der Waals surface area contributed by atoms with Gasteiger partial charge in [0.15, 0.2) is 0 Å². The zero-order valence-corrected chi connectivity index (χ0v) is 12.7. The fourth-order valence-electron chi connectivity index (χ4n) is 1.88. The normalized spacial score (nSPS) is 18.8. The Morgan fingerprint density at radius 1 is 1.45 bits per heavy atom. The van der Waals surface area contributed by atoms with Crippen LogP contribution in [0.4, 0.5) is 4.79 Å².